The molecule has 0 bridgehead atoms. The zero-order valence-electron chi connectivity index (χ0n) is 13.6. The molecule has 26 heavy (non-hydrogen) atoms. The van der Waals surface area contributed by atoms with Crippen LogP contribution in [0.25, 0.3) is 5.57 Å². The number of hydrogen-bond acceptors (Lipinski definition) is 5. The van der Waals surface area contributed by atoms with Crippen LogP contribution in [0, 0.1) is 0 Å². The van der Waals surface area contributed by atoms with Gasteiger partial charge in [-0.1, -0.05) is 29.3 Å². The van der Waals surface area contributed by atoms with Crippen molar-refractivity contribution in [3.8, 4) is 0 Å². The largest absolute Gasteiger partial charge is 0.378 e. The molecule has 1 fully saturated rings. The lowest BCUT2D eigenvalue weighted by molar-refractivity contribution is -0.121. The Labute approximate surface area is 164 Å². The Morgan fingerprint density at radius 3 is 2.50 bits per heavy atom. The minimum Gasteiger partial charge on any atom is -0.378 e. The van der Waals surface area contributed by atoms with E-state index in [1.165, 1.54) is 17.4 Å². The zero-order chi connectivity index (χ0) is 18.3. The number of benzene rings is 1. The number of imide groups is 1. The van der Waals surface area contributed by atoms with Crippen molar-refractivity contribution in [2.45, 2.75) is 0 Å². The summed E-state index contributed by atoms with van der Waals surface area (Å²) in [7, 11) is 0. The molecule has 1 aromatic carbocycles. The Hall–Kier alpha value is -1.86. The molecule has 5 nitrogen and oxygen atoms in total. The standard InChI is InChI=1S/C18H14Cl2N2O3S/c19-11-3-4-12(20)13(10-11)22-17(23)15(14-2-1-9-26-14)16(18(22)24)21-5-7-25-8-6-21/h1-4,9-10H,5-8H2. The number of halogens is 2. The number of rotatable bonds is 3. The van der Waals surface area contributed by atoms with Crippen LogP contribution in [0.4, 0.5) is 5.69 Å². The van der Waals surface area contributed by atoms with Gasteiger partial charge in [0.05, 0.1) is 29.5 Å². The summed E-state index contributed by atoms with van der Waals surface area (Å²) in [6, 6.07) is 8.44. The first-order valence-electron chi connectivity index (χ1n) is 8.02. The van der Waals surface area contributed by atoms with Crippen molar-refractivity contribution >= 4 is 57.6 Å². The van der Waals surface area contributed by atoms with Gasteiger partial charge in [0.2, 0.25) is 0 Å². The second-order valence-electron chi connectivity index (χ2n) is 5.84. The first-order valence-corrected chi connectivity index (χ1v) is 9.66. The van der Waals surface area contributed by atoms with Gasteiger partial charge in [-0.2, -0.15) is 0 Å². The summed E-state index contributed by atoms with van der Waals surface area (Å²) < 4.78 is 5.38. The Morgan fingerprint density at radius 1 is 1.04 bits per heavy atom. The van der Waals surface area contributed by atoms with E-state index < -0.39 is 0 Å². The molecule has 3 heterocycles. The number of hydrogen-bond donors (Lipinski definition) is 0. The lowest BCUT2D eigenvalue weighted by Gasteiger charge is -2.29. The molecule has 134 valence electrons. The highest BCUT2D eigenvalue weighted by molar-refractivity contribution is 7.11. The van der Waals surface area contributed by atoms with E-state index in [0.29, 0.717) is 53.3 Å². The van der Waals surface area contributed by atoms with Crippen molar-refractivity contribution in [2.75, 3.05) is 31.2 Å². The third-order valence-electron chi connectivity index (χ3n) is 4.30. The third-order valence-corrected chi connectivity index (χ3v) is 5.75. The molecule has 4 rings (SSSR count). The molecule has 8 heteroatoms. The average Bonchev–Trinajstić information content (AvgIpc) is 3.24. The van der Waals surface area contributed by atoms with Gasteiger partial charge in [-0.25, -0.2) is 4.90 Å². The van der Waals surface area contributed by atoms with Crippen LogP contribution < -0.4 is 4.90 Å². The number of anilines is 1. The Balaban J connectivity index is 1.84. The van der Waals surface area contributed by atoms with E-state index in [9.17, 15) is 9.59 Å². The van der Waals surface area contributed by atoms with Gasteiger partial charge in [0, 0.05) is 23.0 Å². The molecule has 1 saturated heterocycles. The second kappa shape index (κ2) is 7.04. The van der Waals surface area contributed by atoms with Gasteiger partial charge in [-0.15, -0.1) is 11.3 Å². The van der Waals surface area contributed by atoms with Gasteiger partial charge in [-0.05, 0) is 29.6 Å². The Bertz CT molecular complexity index is 905. The summed E-state index contributed by atoms with van der Waals surface area (Å²) in [5.74, 6) is -0.771. The van der Waals surface area contributed by atoms with Gasteiger partial charge in [0.25, 0.3) is 11.8 Å². The summed E-state index contributed by atoms with van der Waals surface area (Å²) in [6.45, 7) is 2.14. The number of ether oxygens (including phenoxy) is 1. The van der Waals surface area contributed by atoms with E-state index in [4.69, 9.17) is 27.9 Å². The molecular formula is C18H14Cl2N2O3S. The molecule has 0 aliphatic carbocycles. The number of thiophene rings is 1. The quantitative estimate of drug-likeness (QED) is 0.726. The molecule has 0 spiro atoms. The van der Waals surface area contributed by atoms with Gasteiger partial charge < -0.3 is 9.64 Å². The maximum Gasteiger partial charge on any atom is 0.282 e. The maximum absolute atomic E-state index is 13.3. The monoisotopic (exact) mass is 408 g/mol. The highest BCUT2D eigenvalue weighted by atomic mass is 35.5. The minimum absolute atomic E-state index is 0.296. The molecule has 0 saturated carbocycles. The van der Waals surface area contributed by atoms with Crippen LogP contribution in [0.1, 0.15) is 4.88 Å². The molecular weight excluding hydrogens is 395 g/mol. The van der Waals surface area contributed by atoms with Crippen molar-refractivity contribution < 1.29 is 14.3 Å². The van der Waals surface area contributed by atoms with Crippen LogP contribution in [0.3, 0.4) is 0 Å². The van der Waals surface area contributed by atoms with Gasteiger partial charge in [0.15, 0.2) is 0 Å². The topological polar surface area (TPSA) is 49.9 Å². The Morgan fingerprint density at radius 2 is 1.81 bits per heavy atom. The van der Waals surface area contributed by atoms with Gasteiger partial charge in [-0.3, -0.25) is 9.59 Å². The predicted molar refractivity (Wildman–Crippen MR) is 103 cm³/mol. The normalized spacial score (nSPS) is 18.2. The fraction of sp³-hybridized carbons (Fsp3) is 0.222. The fourth-order valence-electron chi connectivity index (χ4n) is 3.12. The van der Waals surface area contributed by atoms with Gasteiger partial charge >= 0.3 is 0 Å². The molecule has 2 amide bonds. The molecule has 0 radical (unpaired) electrons. The van der Waals surface area contributed by atoms with E-state index in [1.807, 2.05) is 22.4 Å². The molecule has 1 aromatic heterocycles. The zero-order valence-corrected chi connectivity index (χ0v) is 15.9. The van der Waals surface area contributed by atoms with Crippen molar-refractivity contribution in [3.63, 3.8) is 0 Å². The molecule has 0 N–H and O–H groups in total. The van der Waals surface area contributed by atoms with Crippen molar-refractivity contribution in [1.29, 1.82) is 0 Å². The smallest absolute Gasteiger partial charge is 0.282 e. The number of nitrogens with zero attached hydrogens (tertiary/aromatic N) is 2. The summed E-state index contributed by atoms with van der Waals surface area (Å²) in [6.07, 6.45) is 0. The van der Waals surface area contributed by atoms with Crippen LogP contribution in [0.2, 0.25) is 10.0 Å². The average molecular weight is 409 g/mol. The number of amides is 2. The summed E-state index contributed by atoms with van der Waals surface area (Å²) in [5.41, 5.74) is 1.10. The van der Waals surface area contributed by atoms with Crippen LogP contribution >= 0.6 is 34.5 Å². The molecule has 2 aliphatic rings. The molecule has 0 atom stereocenters. The summed E-state index contributed by atoms with van der Waals surface area (Å²) in [4.78, 5) is 30.3. The van der Waals surface area contributed by atoms with Crippen molar-refractivity contribution in [1.82, 2.24) is 4.90 Å². The number of carbonyl (C=O) groups is 2. The lowest BCUT2D eigenvalue weighted by Crippen LogP contribution is -2.40. The van der Waals surface area contributed by atoms with Crippen LogP contribution in [0.15, 0.2) is 41.4 Å². The first kappa shape index (κ1) is 17.5. The highest BCUT2D eigenvalue weighted by Crippen LogP contribution is 2.39. The van der Waals surface area contributed by atoms with Crippen LogP contribution in [-0.2, 0) is 14.3 Å². The number of carbonyl (C=O) groups excluding carboxylic acids is 2. The first-order chi connectivity index (χ1) is 12.6. The van der Waals surface area contributed by atoms with E-state index in [2.05, 4.69) is 0 Å². The summed E-state index contributed by atoms with van der Waals surface area (Å²) in [5, 5.41) is 2.58. The molecule has 2 aliphatic heterocycles. The molecule has 0 unspecified atom stereocenters. The van der Waals surface area contributed by atoms with Crippen molar-refractivity contribution in [3.05, 3.63) is 56.3 Å². The third kappa shape index (κ3) is 2.93. The van der Waals surface area contributed by atoms with Crippen LogP contribution in [-0.4, -0.2) is 43.0 Å². The Kier molecular flexibility index (Phi) is 4.75. The van der Waals surface area contributed by atoms with Gasteiger partial charge in [0.1, 0.15) is 5.70 Å². The molecule has 2 aromatic rings. The number of morpholine rings is 1. The maximum atomic E-state index is 13.3. The lowest BCUT2D eigenvalue weighted by atomic mass is 10.1. The van der Waals surface area contributed by atoms with E-state index >= 15 is 0 Å². The fourth-order valence-corrected chi connectivity index (χ4v) is 4.25. The van der Waals surface area contributed by atoms with Crippen molar-refractivity contribution in [2.24, 2.45) is 0 Å². The summed E-state index contributed by atoms with van der Waals surface area (Å²) >= 11 is 13.7. The second-order valence-corrected chi connectivity index (χ2v) is 7.63. The van der Waals surface area contributed by atoms with Crippen LogP contribution in [0.5, 0.6) is 0 Å². The minimum atomic E-state index is -0.386. The van der Waals surface area contributed by atoms with E-state index in [-0.39, 0.29) is 11.8 Å². The highest BCUT2D eigenvalue weighted by Gasteiger charge is 2.43. The predicted octanol–water partition coefficient (Wildman–Crippen LogP) is 3.67. The SMILES string of the molecule is O=C1C(c2cccs2)=C(N2CCOCC2)C(=O)N1c1cc(Cl)ccc1Cl. The van der Waals surface area contributed by atoms with E-state index in [1.54, 1.807) is 12.1 Å². The van der Waals surface area contributed by atoms with E-state index in [0.717, 1.165) is 9.78 Å².